The molecule has 1 aromatic heterocycles. The number of anilines is 2. The number of aromatic nitrogens is 3. The van der Waals surface area contributed by atoms with Crippen molar-refractivity contribution in [2.75, 3.05) is 37.4 Å². The second kappa shape index (κ2) is 7.61. The van der Waals surface area contributed by atoms with E-state index >= 15 is 0 Å². The van der Waals surface area contributed by atoms with Crippen LogP contribution in [0.3, 0.4) is 0 Å². The number of ether oxygens (including phenoxy) is 2. The minimum absolute atomic E-state index is 0.149. The van der Waals surface area contributed by atoms with Gasteiger partial charge in [0.05, 0.1) is 6.61 Å². The number of nitrogens with two attached hydrogens (primary N) is 1. The van der Waals surface area contributed by atoms with Crippen LogP contribution in [0.2, 0.25) is 0 Å². The van der Waals surface area contributed by atoms with Gasteiger partial charge < -0.3 is 20.5 Å². The molecule has 1 heterocycles. The Balaban J connectivity index is 2.41. The first-order valence-corrected chi connectivity index (χ1v) is 5.72. The maximum Gasteiger partial charge on any atom is 0.323 e. The molecule has 1 rings (SSSR count). The molecule has 0 saturated carbocycles. The lowest BCUT2D eigenvalue weighted by Gasteiger charge is -2.07. The highest BCUT2D eigenvalue weighted by molar-refractivity contribution is 5.32. The summed E-state index contributed by atoms with van der Waals surface area (Å²) in [4.78, 5) is 11.9. The van der Waals surface area contributed by atoms with Gasteiger partial charge in [0.2, 0.25) is 11.9 Å². The molecular formula is C10H19N5O2. The van der Waals surface area contributed by atoms with E-state index in [1.54, 1.807) is 0 Å². The van der Waals surface area contributed by atoms with Crippen molar-refractivity contribution in [2.24, 2.45) is 0 Å². The predicted octanol–water partition coefficient (Wildman–Crippen LogP) is 0.691. The smallest absolute Gasteiger partial charge is 0.323 e. The van der Waals surface area contributed by atoms with Crippen molar-refractivity contribution in [1.29, 1.82) is 0 Å². The Morgan fingerprint density at radius 2 is 2.00 bits per heavy atom. The Morgan fingerprint density at radius 1 is 1.18 bits per heavy atom. The summed E-state index contributed by atoms with van der Waals surface area (Å²) in [5.41, 5.74) is 5.53. The average molecular weight is 241 g/mol. The summed E-state index contributed by atoms with van der Waals surface area (Å²) < 4.78 is 10.4. The normalized spacial score (nSPS) is 10.2. The second-order valence-corrected chi connectivity index (χ2v) is 3.21. The van der Waals surface area contributed by atoms with Gasteiger partial charge in [0, 0.05) is 19.8 Å². The molecule has 17 heavy (non-hydrogen) atoms. The van der Waals surface area contributed by atoms with Crippen LogP contribution >= 0.6 is 0 Å². The van der Waals surface area contributed by atoms with Crippen LogP contribution in [0.25, 0.3) is 0 Å². The Hall–Kier alpha value is -1.63. The van der Waals surface area contributed by atoms with Crippen molar-refractivity contribution in [3.63, 3.8) is 0 Å². The van der Waals surface area contributed by atoms with Crippen molar-refractivity contribution in [3.8, 4) is 6.01 Å². The van der Waals surface area contributed by atoms with Crippen molar-refractivity contribution in [2.45, 2.75) is 20.3 Å². The summed E-state index contributed by atoms with van der Waals surface area (Å²) in [6.45, 7) is 6.47. The fraction of sp³-hybridized carbons (Fsp3) is 0.700. The van der Waals surface area contributed by atoms with Gasteiger partial charge >= 0.3 is 6.01 Å². The highest BCUT2D eigenvalue weighted by Crippen LogP contribution is 2.08. The number of hydrogen-bond donors (Lipinski definition) is 2. The molecule has 0 aliphatic heterocycles. The summed E-state index contributed by atoms with van der Waals surface area (Å²) in [6.07, 6.45) is 0.878. The van der Waals surface area contributed by atoms with E-state index in [9.17, 15) is 0 Å². The summed E-state index contributed by atoms with van der Waals surface area (Å²) in [5.74, 6) is 0.577. The lowest BCUT2D eigenvalue weighted by Crippen LogP contribution is -2.11. The summed E-state index contributed by atoms with van der Waals surface area (Å²) in [6, 6.07) is 0.243. The Labute approximate surface area is 101 Å². The largest absolute Gasteiger partial charge is 0.464 e. The molecule has 0 bridgehead atoms. The van der Waals surface area contributed by atoms with E-state index < -0.39 is 0 Å². The number of nitrogens with zero attached hydrogens (tertiary/aromatic N) is 3. The minimum Gasteiger partial charge on any atom is -0.464 e. The van der Waals surface area contributed by atoms with Gasteiger partial charge in [-0.25, -0.2) is 0 Å². The molecule has 0 unspecified atom stereocenters. The fourth-order valence-corrected chi connectivity index (χ4v) is 1.16. The molecule has 0 aliphatic carbocycles. The van der Waals surface area contributed by atoms with Crippen molar-refractivity contribution < 1.29 is 9.47 Å². The summed E-state index contributed by atoms with van der Waals surface area (Å²) >= 11 is 0. The second-order valence-electron chi connectivity index (χ2n) is 3.21. The van der Waals surface area contributed by atoms with E-state index in [4.69, 9.17) is 15.2 Å². The minimum atomic E-state index is 0.149. The van der Waals surface area contributed by atoms with E-state index in [1.807, 2.05) is 13.8 Å². The predicted molar refractivity (Wildman–Crippen MR) is 65.0 cm³/mol. The summed E-state index contributed by atoms with van der Waals surface area (Å²) in [5, 5.41) is 3.04. The third-order valence-electron chi connectivity index (χ3n) is 1.86. The molecule has 0 radical (unpaired) electrons. The molecule has 3 N–H and O–H groups in total. The standard InChI is InChI=1S/C10H19N5O2/c1-3-16-7-5-6-12-9-13-8(11)14-10(15-9)17-4-2/h3-7H2,1-2H3,(H3,11,12,13,14,15). The van der Waals surface area contributed by atoms with Crippen molar-refractivity contribution in [3.05, 3.63) is 0 Å². The molecule has 0 spiro atoms. The van der Waals surface area contributed by atoms with Gasteiger partial charge in [0.1, 0.15) is 0 Å². The maximum atomic E-state index is 5.53. The lowest BCUT2D eigenvalue weighted by molar-refractivity contribution is 0.147. The highest BCUT2D eigenvalue weighted by Gasteiger charge is 2.03. The molecule has 7 nitrogen and oxygen atoms in total. The fourth-order valence-electron chi connectivity index (χ4n) is 1.16. The molecule has 0 aliphatic rings. The maximum absolute atomic E-state index is 5.53. The number of rotatable bonds is 8. The molecule has 96 valence electrons. The third kappa shape index (κ3) is 5.30. The Bertz CT molecular complexity index is 334. The number of hydrogen-bond acceptors (Lipinski definition) is 7. The molecular weight excluding hydrogens is 222 g/mol. The summed E-state index contributed by atoms with van der Waals surface area (Å²) in [7, 11) is 0. The molecule has 0 aromatic carbocycles. The van der Waals surface area contributed by atoms with Crippen LogP contribution in [0.15, 0.2) is 0 Å². The Kier molecular flexibility index (Phi) is 6.02. The number of nitrogens with one attached hydrogen (secondary N) is 1. The van der Waals surface area contributed by atoms with Gasteiger partial charge in [-0.2, -0.15) is 15.0 Å². The average Bonchev–Trinajstić information content (AvgIpc) is 2.28. The highest BCUT2D eigenvalue weighted by atomic mass is 16.5. The first kappa shape index (κ1) is 13.4. The van der Waals surface area contributed by atoms with E-state index in [1.165, 1.54) is 0 Å². The quantitative estimate of drug-likeness (QED) is 0.646. The van der Waals surface area contributed by atoms with Gasteiger partial charge in [0.15, 0.2) is 0 Å². The van der Waals surface area contributed by atoms with Gasteiger partial charge in [-0.15, -0.1) is 0 Å². The molecule has 0 saturated heterocycles. The SMILES string of the molecule is CCOCCCNc1nc(N)nc(OCC)n1. The van der Waals surface area contributed by atoms with Gasteiger partial charge in [-0.1, -0.05) is 0 Å². The monoisotopic (exact) mass is 241 g/mol. The van der Waals surface area contributed by atoms with Crippen LogP contribution in [-0.4, -0.2) is 41.3 Å². The molecule has 0 fully saturated rings. The van der Waals surface area contributed by atoms with Crippen LogP contribution < -0.4 is 15.8 Å². The zero-order valence-electron chi connectivity index (χ0n) is 10.3. The van der Waals surface area contributed by atoms with E-state index in [2.05, 4.69) is 20.3 Å². The van der Waals surface area contributed by atoms with Crippen LogP contribution in [0.1, 0.15) is 20.3 Å². The first-order chi connectivity index (χ1) is 8.26. The molecule has 0 atom stereocenters. The van der Waals surface area contributed by atoms with Crippen LogP contribution in [0, 0.1) is 0 Å². The molecule has 1 aromatic rings. The Morgan fingerprint density at radius 3 is 2.71 bits per heavy atom. The van der Waals surface area contributed by atoms with E-state index in [0.717, 1.165) is 19.6 Å². The van der Waals surface area contributed by atoms with Crippen LogP contribution in [0.4, 0.5) is 11.9 Å². The number of nitrogen functional groups attached to an aromatic ring is 1. The van der Waals surface area contributed by atoms with E-state index in [-0.39, 0.29) is 12.0 Å². The van der Waals surface area contributed by atoms with Gasteiger partial charge in [-0.05, 0) is 20.3 Å². The van der Waals surface area contributed by atoms with Gasteiger partial charge in [0.25, 0.3) is 0 Å². The van der Waals surface area contributed by atoms with E-state index in [0.29, 0.717) is 19.2 Å². The first-order valence-electron chi connectivity index (χ1n) is 5.72. The third-order valence-corrected chi connectivity index (χ3v) is 1.86. The van der Waals surface area contributed by atoms with Crippen molar-refractivity contribution in [1.82, 2.24) is 15.0 Å². The zero-order chi connectivity index (χ0) is 12.5. The van der Waals surface area contributed by atoms with Crippen LogP contribution in [-0.2, 0) is 4.74 Å². The van der Waals surface area contributed by atoms with Crippen molar-refractivity contribution >= 4 is 11.9 Å². The molecule has 0 amide bonds. The lowest BCUT2D eigenvalue weighted by atomic mass is 10.4. The zero-order valence-corrected chi connectivity index (χ0v) is 10.3. The topological polar surface area (TPSA) is 95.2 Å². The molecule has 7 heteroatoms. The van der Waals surface area contributed by atoms with Gasteiger partial charge in [-0.3, -0.25) is 0 Å². The van der Waals surface area contributed by atoms with Crippen LogP contribution in [0.5, 0.6) is 6.01 Å².